The molecule has 0 bridgehead atoms. The summed E-state index contributed by atoms with van der Waals surface area (Å²) in [5, 5.41) is 4.24. The third-order valence-corrected chi connectivity index (χ3v) is 5.00. The van der Waals surface area contributed by atoms with Crippen molar-refractivity contribution in [3.05, 3.63) is 53.9 Å². The molecule has 4 rings (SSSR count). The van der Waals surface area contributed by atoms with E-state index < -0.39 is 0 Å². The lowest BCUT2D eigenvalue weighted by molar-refractivity contribution is 0.0856. The smallest absolute Gasteiger partial charge is 0.410 e. The number of ether oxygens (including phenoxy) is 1. The molecule has 1 aliphatic rings. The zero-order chi connectivity index (χ0) is 18.8. The minimum absolute atomic E-state index is 0.143. The Kier molecular flexibility index (Phi) is 4.70. The number of anilines is 1. The standard InChI is InChI=1S/C19H22BN5O2/c20-15-10-22-25-17(21)9-16(23-18(15)25)14-7-4-8-24(11-14)19(26)27-12-13-5-2-1-3-6-13/h1-3,5-6,9-10,14H,4,7-8,11-12,20-21H2. The Morgan fingerprint density at radius 2 is 2.15 bits per heavy atom. The molecule has 0 saturated carbocycles. The lowest BCUT2D eigenvalue weighted by Crippen LogP contribution is -2.39. The van der Waals surface area contributed by atoms with E-state index in [1.807, 2.05) is 44.2 Å². The lowest BCUT2D eigenvalue weighted by atomic mass is 9.94. The van der Waals surface area contributed by atoms with E-state index in [1.54, 1.807) is 15.6 Å². The highest BCUT2D eigenvalue weighted by atomic mass is 16.6. The molecule has 8 heteroatoms. The van der Waals surface area contributed by atoms with Crippen molar-refractivity contribution in [2.75, 3.05) is 18.8 Å². The fraction of sp³-hybridized carbons (Fsp3) is 0.316. The minimum Gasteiger partial charge on any atom is -0.445 e. The summed E-state index contributed by atoms with van der Waals surface area (Å²) in [6.07, 6.45) is 3.36. The summed E-state index contributed by atoms with van der Waals surface area (Å²) in [6, 6.07) is 11.6. The van der Waals surface area contributed by atoms with Gasteiger partial charge in [-0.25, -0.2) is 14.3 Å². The molecule has 1 fully saturated rings. The third-order valence-electron chi connectivity index (χ3n) is 5.00. The summed E-state index contributed by atoms with van der Waals surface area (Å²) in [7, 11) is 1.96. The number of rotatable bonds is 3. The first-order valence-corrected chi connectivity index (χ1v) is 9.18. The van der Waals surface area contributed by atoms with Crippen molar-refractivity contribution in [1.29, 1.82) is 0 Å². The number of nitrogens with two attached hydrogens (primary N) is 1. The van der Waals surface area contributed by atoms with Gasteiger partial charge in [-0.1, -0.05) is 30.3 Å². The normalized spacial score (nSPS) is 17.2. The van der Waals surface area contributed by atoms with Crippen LogP contribution < -0.4 is 11.2 Å². The highest BCUT2D eigenvalue weighted by Gasteiger charge is 2.27. The van der Waals surface area contributed by atoms with Gasteiger partial charge in [-0.05, 0) is 23.9 Å². The van der Waals surface area contributed by atoms with E-state index in [-0.39, 0.29) is 18.6 Å². The maximum atomic E-state index is 12.5. The number of fused-ring (bicyclic) bond motifs is 1. The Hall–Kier alpha value is -3.03. The van der Waals surface area contributed by atoms with Gasteiger partial charge in [-0.3, -0.25) is 0 Å². The molecule has 3 heterocycles. The van der Waals surface area contributed by atoms with E-state index in [0.29, 0.717) is 18.9 Å². The molecular weight excluding hydrogens is 341 g/mol. The molecule has 1 atom stereocenters. The quantitative estimate of drug-likeness (QED) is 0.704. The number of amides is 1. The molecule has 1 saturated heterocycles. The molecule has 1 aliphatic heterocycles. The first-order valence-electron chi connectivity index (χ1n) is 9.18. The number of aromatic nitrogens is 3. The number of hydrogen-bond donors (Lipinski definition) is 1. The average Bonchev–Trinajstić information content (AvgIpc) is 3.08. The van der Waals surface area contributed by atoms with Gasteiger partial charge in [0.25, 0.3) is 0 Å². The molecule has 3 aromatic rings. The predicted molar refractivity (Wildman–Crippen MR) is 106 cm³/mol. The van der Waals surface area contributed by atoms with Crippen LogP contribution in [0.1, 0.15) is 30.0 Å². The van der Waals surface area contributed by atoms with Crippen LogP contribution in [-0.2, 0) is 11.3 Å². The average molecular weight is 363 g/mol. The highest BCUT2D eigenvalue weighted by molar-refractivity contribution is 6.36. The lowest BCUT2D eigenvalue weighted by Gasteiger charge is -2.31. The third kappa shape index (κ3) is 3.60. The van der Waals surface area contributed by atoms with E-state index in [0.717, 1.165) is 35.2 Å². The maximum absolute atomic E-state index is 12.5. The second-order valence-electron chi connectivity index (χ2n) is 6.99. The Labute approximate surface area is 158 Å². The summed E-state index contributed by atoms with van der Waals surface area (Å²) in [5.41, 5.74) is 9.78. The second-order valence-corrected chi connectivity index (χ2v) is 6.99. The van der Waals surface area contributed by atoms with Gasteiger partial charge in [-0.15, -0.1) is 0 Å². The van der Waals surface area contributed by atoms with Crippen LogP contribution in [0, 0.1) is 0 Å². The van der Waals surface area contributed by atoms with Gasteiger partial charge in [0.05, 0.1) is 5.69 Å². The number of carbonyl (C=O) groups is 1. The van der Waals surface area contributed by atoms with Gasteiger partial charge >= 0.3 is 6.09 Å². The molecule has 2 N–H and O–H groups in total. The first-order chi connectivity index (χ1) is 13.1. The topological polar surface area (TPSA) is 85.8 Å². The Morgan fingerprint density at radius 1 is 1.33 bits per heavy atom. The van der Waals surface area contributed by atoms with Crippen molar-refractivity contribution in [3.8, 4) is 0 Å². The van der Waals surface area contributed by atoms with Crippen molar-refractivity contribution in [3.63, 3.8) is 0 Å². The molecule has 1 aromatic carbocycles. The van der Waals surface area contributed by atoms with Crippen molar-refractivity contribution in [2.45, 2.75) is 25.4 Å². The zero-order valence-corrected chi connectivity index (χ0v) is 15.3. The molecule has 1 amide bonds. The van der Waals surface area contributed by atoms with Gasteiger partial charge in [0, 0.05) is 31.3 Å². The van der Waals surface area contributed by atoms with Crippen LogP contribution in [-0.4, -0.2) is 46.5 Å². The van der Waals surface area contributed by atoms with E-state index in [4.69, 9.17) is 15.5 Å². The number of nitrogens with zero attached hydrogens (tertiary/aromatic N) is 4. The zero-order valence-electron chi connectivity index (χ0n) is 15.3. The first kappa shape index (κ1) is 17.4. The fourth-order valence-corrected chi connectivity index (χ4v) is 3.52. The van der Waals surface area contributed by atoms with Gasteiger partial charge in [-0.2, -0.15) is 5.10 Å². The van der Waals surface area contributed by atoms with Crippen molar-refractivity contribution in [1.82, 2.24) is 19.5 Å². The SMILES string of the molecule is Bc1cnn2c(N)cc(C3CCCN(C(=O)OCc4ccccc4)C3)nc12. The van der Waals surface area contributed by atoms with Crippen LogP contribution in [0.25, 0.3) is 5.65 Å². The Morgan fingerprint density at radius 3 is 2.96 bits per heavy atom. The van der Waals surface area contributed by atoms with Crippen molar-refractivity contribution in [2.24, 2.45) is 0 Å². The monoisotopic (exact) mass is 363 g/mol. The number of carbonyl (C=O) groups excluding carboxylic acids is 1. The number of piperidine rings is 1. The van der Waals surface area contributed by atoms with E-state index in [2.05, 4.69) is 5.10 Å². The van der Waals surface area contributed by atoms with E-state index in [1.165, 1.54) is 0 Å². The fourth-order valence-electron chi connectivity index (χ4n) is 3.52. The number of nitrogen functional groups attached to an aromatic ring is 1. The summed E-state index contributed by atoms with van der Waals surface area (Å²) >= 11 is 0. The molecule has 0 spiro atoms. The van der Waals surface area contributed by atoms with Crippen LogP contribution in [0.3, 0.4) is 0 Å². The van der Waals surface area contributed by atoms with Gasteiger partial charge in [0.2, 0.25) is 0 Å². The summed E-state index contributed by atoms with van der Waals surface area (Å²) in [6.45, 7) is 1.57. The number of benzene rings is 1. The van der Waals surface area contributed by atoms with E-state index >= 15 is 0 Å². The Balaban J connectivity index is 1.46. The van der Waals surface area contributed by atoms with Crippen LogP contribution in [0.15, 0.2) is 42.6 Å². The largest absolute Gasteiger partial charge is 0.445 e. The van der Waals surface area contributed by atoms with Crippen molar-refractivity contribution < 1.29 is 9.53 Å². The maximum Gasteiger partial charge on any atom is 0.410 e. The predicted octanol–water partition coefficient (Wildman–Crippen LogP) is 1.09. The second kappa shape index (κ2) is 7.30. The molecular formula is C19H22BN5O2. The number of hydrogen-bond acceptors (Lipinski definition) is 5. The minimum atomic E-state index is -0.280. The van der Waals surface area contributed by atoms with Crippen LogP contribution in [0.4, 0.5) is 10.6 Å². The number of likely N-dealkylation sites (tertiary alicyclic amines) is 1. The van der Waals surface area contributed by atoms with Crippen LogP contribution in [0.2, 0.25) is 0 Å². The summed E-state index contributed by atoms with van der Waals surface area (Å²) in [4.78, 5) is 19.0. The molecule has 0 aliphatic carbocycles. The van der Waals surface area contributed by atoms with Crippen LogP contribution in [0.5, 0.6) is 0 Å². The van der Waals surface area contributed by atoms with E-state index in [9.17, 15) is 4.79 Å². The Bertz CT molecular complexity index is 959. The summed E-state index contributed by atoms with van der Waals surface area (Å²) in [5.74, 6) is 0.705. The van der Waals surface area contributed by atoms with Gasteiger partial charge < -0.3 is 15.4 Å². The summed E-state index contributed by atoms with van der Waals surface area (Å²) < 4.78 is 7.13. The highest BCUT2D eigenvalue weighted by Crippen LogP contribution is 2.27. The van der Waals surface area contributed by atoms with Crippen molar-refractivity contribution >= 4 is 30.9 Å². The van der Waals surface area contributed by atoms with Crippen LogP contribution >= 0.6 is 0 Å². The van der Waals surface area contributed by atoms with Gasteiger partial charge in [0.15, 0.2) is 5.65 Å². The van der Waals surface area contributed by atoms with Gasteiger partial charge in [0.1, 0.15) is 20.3 Å². The molecule has 7 nitrogen and oxygen atoms in total. The molecule has 138 valence electrons. The molecule has 1 unspecified atom stereocenters. The molecule has 0 radical (unpaired) electrons. The molecule has 27 heavy (non-hydrogen) atoms. The molecule has 2 aromatic heterocycles.